The van der Waals surface area contributed by atoms with Crippen LogP contribution in [0.5, 0.6) is 0 Å². The van der Waals surface area contributed by atoms with Gasteiger partial charge in [0.05, 0.1) is 5.25 Å². The fourth-order valence-electron chi connectivity index (χ4n) is 1.95. The molecule has 0 aliphatic carbocycles. The first-order chi connectivity index (χ1) is 10.7. The molecular weight excluding hydrogens is 332 g/mol. The van der Waals surface area contributed by atoms with Gasteiger partial charge in [0.2, 0.25) is 5.91 Å². The number of hydrogen-bond acceptors (Lipinski definition) is 4. The van der Waals surface area contributed by atoms with Gasteiger partial charge < -0.3 is 9.88 Å². The number of nitrogens with one attached hydrogen (secondary N) is 1. The lowest BCUT2D eigenvalue weighted by molar-refractivity contribution is -0.121. The highest BCUT2D eigenvalue weighted by Crippen LogP contribution is 2.26. The van der Waals surface area contributed by atoms with Gasteiger partial charge in [0.25, 0.3) is 0 Å². The van der Waals surface area contributed by atoms with Gasteiger partial charge in [0.1, 0.15) is 0 Å². The van der Waals surface area contributed by atoms with Gasteiger partial charge in [-0.2, -0.15) is 0 Å². The molecule has 0 fully saturated rings. The predicted molar refractivity (Wildman–Crippen MR) is 94.7 cm³/mol. The van der Waals surface area contributed by atoms with Crippen molar-refractivity contribution in [2.75, 3.05) is 0 Å². The molecule has 5 nitrogen and oxygen atoms in total. The minimum atomic E-state index is -0.254. The van der Waals surface area contributed by atoms with E-state index in [1.807, 2.05) is 63.6 Å². The summed E-state index contributed by atoms with van der Waals surface area (Å²) < 4.78 is 1.88. The fraction of sp³-hybridized carbons (Fsp3) is 0.438. The van der Waals surface area contributed by atoms with Crippen LogP contribution >= 0.6 is 23.4 Å². The molecule has 0 spiro atoms. The SMILES string of the molecule is C[C@@H](Sc1nnc(-c2ccc(Cl)cc2)n1C)C(=O)NC(C)(C)C. The second kappa shape index (κ2) is 6.93. The van der Waals surface area contributed by atoms with Gasteiger partial charge in [-0.1, -0.05) is 23.4 Å². The van der Waals surface area contributed by atoms with Crippen molar-refractivity contribution < 1.29 is 4.79 Å². The van der Waals surface area contributed by atoms with E-state index in [-0.39, 0.29) is 16.7 Å². The summed E-state index contributed by atoms with van der Waals surface area (Å²) in [6.07, 6.45) is 0. The molecule has 0 aliphatic heterocycles. The number of carbonyl (C=O) groups is 1. The molecule has 0 saturated carbocycles. The number of amides is 1. The van der Waals surface area contributed by atoms with Crippen molar-refractivity contribution in [1.82, 2.24) is 20.1 Å². The van der Waals surface area contributed by atoms with Crippen molar-refractivity contribution in [1.29, 1.82) is 0 Å². The molecular formula is C16H21ClN4OS. The first kappa shape index (κ1) is 17.8. The molecule has 0 saturated heterocycles. The number of thioether (sulfide) groups is 1. The van der Waals surface area contributed by atoms with E-state index in [9.17, 15) is 4.79 Å². The number of halogens is 1. The highest BCUT2D eigenvalue weighted by atomic mass is 35.5. The fourth-order valence-corrected chi connectivity index (χ4v) is 2.89. The molecule has 0 unspecified atom stereocenters. The zero-order valence-corrected chi connectivity index (χ0v) is 15.5. The zero-order chi connectivity index (χ0) is 17.2. The maximum absolute atomic E-state index is 12.2. The summed E-state index contributed by atoms with van der Waals surface area (Å²) in [5.74, 6) is 0.728. The normalized spacial score (nSPS) is 13.0. The van der Waals surface area contributed by atoms with Gasteiger partial charge >= 0.3 is 0 Å². The van der Waals surface area contributed by atoms with Crippen LogP contribution in [-0.4, -0.2) is 31.5 Å². The topological polar surface area (TPSA) is 59.8 Å². The molecule has 124 valence electrons. The third-order valence-corrected chi connectivity index (χ3v) is 4.47. The minimum absolute atomic E-state index is 0.0152. The molecule has 0 aliphatic rings. The Morgan fingerprint density at radius 2 is 1.87 bits per heavy atom. The molecule has 0 radical (unpaired) electrons. The highest BCUT2D eigenvalue weighted by Gasteiger charge is 2.22. The van der Waals surface area contributed by atoms with E-state index in [4.69, 9.17) is 11.6 Å². The Morgan fingerprint density at radius 1 is 1.26 bits per heavy atom. The number of hydrogen-bond donors (Lipinski definition) is 1. The third-order valence-electron chi connectivity index (χ3n) is 3.09. The van der Waals surface area contributed by atoms with Crippen LogP contribution in [0.15, 0.2) is 29.4 Å². The molecule has 1 aromatic carbocycles. The monoisotopic (exact) mass is 352 g/mol. The van der Waals surface area contributed by atoms with Crippen LogP contribution in [0.2, 0.25) is 5.02 Å². The Bertz CT molecular complexity index is 691. The van der Waals surface area contributed by atoms with Gasteiger partial charge in [-0.3, -0.25) is 4.79 Å². The number of carbonyl (C=O) groups excluding carboxylic acids is 1. The van der Waals surface area contributed by atoms with E-state index in [0.717, 1.165) is 11.4 Å². The van der Waals surface area contributed by atoms with Crippen molar-refractivity contribution in [3.63, 3.8) is 0 Å². The van der Waals surface area contributed by atoms with Crippen LogP contribution in [0.3, 0.4) is 0 Å². The second-order valence-electron chi connectivity index (χ2n) is 6.37. The Balaban J connectivity index is 2.13. The largest absolute Gasteiger partial charge is 0.351 e. The lowest BCUT2D eigenvalue weighted by Crippen LogP contribution is -2.44. The number of nitrogens with zero attached hydrogens (tertiary/aromatic N) is 3. The van der Waals surface area contributed by atoms with Crippen molar-refractivity contribution in [3.05, 3.63) is 29.3 Å². The Hall–Kier alpha value is -1.53. The number of aromatic nitrogens is 3. The maximum atomic E-state index is 12.2. The lowest BCUT2D eigenvalue weighted by Gasteiger charge is -2.22. The smallest absolute Gasteiger partial charge is 0.233 e. The first-order valence-corrected chi connectivity index (χ1v) is 8.57. The average Bonchev–Trinajstić information content (AvgIpc) is 2.79. The molecule has 7 heteroatoms. The summed E-state index contributed by atoms with van der Waals surface area (Å²) in [5, 5.41) is 12.5. The van der Waals surface area contributed by atoms with E-state index in [2.05, 4.69) is 15.5 Å². The molecule has 1 atom stereocenters. The van der Waals surface area contributed by atoms with Crippen LogP contribution in [0.1, 0.15) is 27.7 Å². The summed E-state index contributed by atoms with van der Waals surface area (Å²) in [4.78, 5) is 12.2. The summed E-state index contributed by atoms with van der Waals surface area (Å²) in [6, 6.07) is 7.43. The molecule has 1 N–H and O–H groups in total. The van der Waals surface area contributed by atoms with Gasteiger partial charge in [-0.05, 0) is 52.0 Å². The average molecular weight is 353 g/mol. The highest BCUT2D eigenvalue weighted by molar-refractivity contribution is 8.00. The van der Waals surface area contributed by atoms with Crippen molar-refractivity contribution in [2.24, 2.45) is 7.05 Å². The summed E-state index contributed by atoms with van der Waals surface area (Å²) in [7, 11) is 1.89. The van der Waals surface area contributed by atoms with E-state index in [0.29, 0.717) is 10.2 Å². The minimum Gasteiger partial charge on any atom is -0.351 e. The molecule has 2 aromatic rings. The molecule has 1 amide bonds. The van der Waals surface area contributed by atoms with Crippen LogP contribution < -0.4 is 5.32 Å². The van der Waals surface area contributed by atoms with Gasteiger partial charge in [0, 0.05) is 23.2 Å². The first-order valence-electron chi connectivity index (χ1n) is 7.31. The zero-order valence-electron chi connectivity index (χ0n) is 13.9. The van der Waals surface area contributed by atoms with Gasteiger partial charge in [-0.25, -0.2) is 0 Å². The Kier molecular flexibility index (Phi) is 5.37. The van der Waals surface area contributed by atoms with Gasteiger partial charge in [-0.15, -0.1) is 10.2 Å². The van der Waals surface area contributed by atoms with E-state index < -0.39 is 0 Å². The molecule has 23 heavy (non-hydrogen) atoms. The van der Waals surface area contributed by atoms with Crippen LogP contribution in [-0.2, 0) is 11.8 Å². The molecule has 2 rings (SSSR count). The Labute approximate surface area is 145 Å². The second-order valence-corrected chi connectivity index (χ2v) is 8.12. The Morgan fingerprint density at radius 3 is 2.43 bits per heavy atom. The molecule has 0 bridgehead atoms. The maximum Gasteiger partial charge on any atom is 0.233 e. The van der Waals surface area contributed by atoms with E-state index in [1.54, 1.807) is 0 Å². The summed E-state index contributed by atoms with van der Waals surface area (Å²) >= 11 is 7.30. The number of benzene rings is 1. The van der Waals surface area contributed by atoms with Crippen LogP contribution in [0, 0.1) is 0 Å². The van der Waals surface area contributed by atoms with E-state index in [1.165, 1.54) is 11.8 Å². The lowest BCUT2D eigenvalue weighted by atomic mass is 10.1. The summed E-state index contributed by atoms with van der Waals surface area (Å²) in [6.45, 7) is 7.75. The number of rotatable bonds is 4. The van der Waals surface area contributed by atoms with Crippen molar-refractivity contribution in [2.45, 2.75) is 43.6 Å². The van der Waals surface area contributed by atoms with Crippen LogP contribution in [0.25, 0.3) is 11.4 Å². The van der Waals surface area contributed by atoms with Crippen molar-refractivity contribution >= 4 is 29.3 Å². The third kappa shape index (κ3) is 4.72. The molecule has 1 heterocycles. The van der Waals surface area contributed by atoms with Crippen LogP contribution in [0.4, 0.5) is 0 Å². The van der Waals surface area contributed by atoms with E-state index >= 15 is 0 Å². The van der Waals surface area contributed by atoms with Crippen molar-refractivity contribution in [3.8, 4) is 11.4 Å². The predicted octanol–water partition coefficient (Wildman–Crippen LogP) is 3.53. The quantitative estimate of drug-likeness (QED) is 0.855. The summed E-state index contributed by atoms with van der Waals surface area (Å²) in [5.41, 5.74) is 0.684. The molecule has 1 aromatic heterocycles. The standard InChI is InChI=1S/C16H21ClN4OS/c1-10(14(22)18-16(2,3)4)23-15-20-19-13(21(15)5)11-6-8-12(17)9-7-11/h6-10H,1-5H3,(H,18,22)/t10-/m1/s1. The van der Waals surface area contributed by atoms with Gasteiger partial charge in [0.15, 0.2) is 11.0 Å².